The average molecular weight is 218 g/mol. The topological polar surface area (TPSA) is 25.8 Å². The SMILES string of the molecule is Cc1ccc(F)cn1.Cc1cccc(C)n1. The summed E-state index contributed by atoms with van der Waals surface area (Å²) in [5.74, 6) is -0.282. The smallest absolute Gasteiger partial charge is 0.141 e. The van der Waals surface area contributed by atoms with Gasteiger partial charge in [0.2, 0.25) is 0 Å². The molecular formula is C13H15FN2. The van der Waals surface area contributed by atoms with E-state index < -0.39 is 0 Å². The van der Waals surface area contributed by atoms with Crippen molar-refractivity contribution in [2.75, 3.05) is 0 Å². The summed E-state index contributed by atoms with van der Waals surface area (Å²) in [5, 5.41) is 0. The van der Waals surface area contributed by atoms with Crippen molar-refractivity contribution in [3.05, 3.63) is 59.4 Å². The van der Waals surface area contributed by atoms with Crippen LogP contribution in [0.5, 0.6) is 0 Å². The van der Waals surface area contributed by atoms with Crippen LogP contribution in [0.15, 0.2) is 36.5 Å². The first-order valence-electron chi connectivity index (χ1n) is 5.06. The number of hydrogen-bond donors (Lipinski definition) is 0. The number of aryl methyl sites for hydroxylation is 3. The van der Waals surface area contributed by atoms with Crippen molar-refractivity contribution in [3.63, 3.8) is 0 Å². The van der Waals surface area contributed by atoms with Crippen LogP contribution in [-0.2, 0) is 0 Å². The molecule has 16 heavy (non-hydrogen) atoms. The van der Waals surface area contributed by atoms with Gasteiger partial charge >= 0.3 is 0 Å². The molecule has 2 aromatic rings. The summed E-state index contributed by atoms with van der Waals surface area (Å²) >= 11 is 0. The fourth-order valence-electron chi connectivity index (χ4n) is 1.13. The highest BCUT2D eigenvalue weighted by Gasteiger charge is 1.85. The molecule has 0 saturated heterocycles. The van der Waals surface area contributed by atoms with E-state index >= 15 is 0 Å². The van der Waals surface area contributed by atoms with E-state index in [1.54, 1.807) is 6.07 Å². The van der Waals surface area contributed by atoms with Crippen LogP contribution in [0.4, 0.5) is 4.39 Å². The van der Waals surface area contributed by atoms with Crippen LogP contribution in [0.3, 0.4) is 0 Å². The second-order valence-corrected chi connectivity index (χ2v) is 3.54. The first-order valence-corrected chi connectivity index (χ1v) is 5.06. The number of hydrogen-bond acceptors (Lipinski definition) is 2. The largest absolute Gasteiger partial charge is 0.259 e. The fraction of sp³-hybridized carbons (Fsp3) is 0.231. The van der Waals surface area contributed by atoms with Gasteiger partial charge in [0.1, 0.15) is 5.82 Å². The Labute approximate surface area is 95.2 Å². The predicted molar refractivity (Wildman–Crippen MR) is 62.6 cm³/mol. The molecule has 2 aromatic heterocycles. The fourth-order valence-corrected chi connectivity index (χ4v) is 1.13. The summed E-state index contributed by atoms with van der Waals surface area (Å²) in [5.41, 5.74) is 3.02. The Morgan fingerprint density at radius 1 is 0.875 bits per heavy atom. The number of rotatable bonds is 0. The van der Waals surface area contributed by atoms with Crippen molar-refractivity contribution >= 4 is 0 Å². The minimum absolute atomic E-state index is 0.282. The van der Waals surface area contributed by atoms with Gasteiger partial charge in [0, 0.05) is 17.1 Å². The summed E-state index contributed by atoms with van der Waals surface area (Å²) in [6, 6.07) is 9.02. The highest BCUT2D eigenvalue weighted by atomic mass is 19.1. The van der Waals surface area contributed by atoms with Gasteiger partial charge in [-0.25, -0.2) is 4.39 Å². The van der Waals surface area contributed by atoms with Gasteiger partial charge < -0.3 is 0 Å². The second kappa shape index (κ2) is 5.95. The molecule has 0 aliphatic heterocycles. The zero-order valence-corrected chi connectivity index (χ0v) is 9.74. The van der Waals surface area contributed by atoms with Crippen LogP contribution >= 0.6 is 0 Å². The number of pyridine rings is 2. The first kappa shape index (κ1) is 12.3. The highest BCUT2D eigenvalue weighted by molar-refractivity contribution is 5.07. The van der Waals surface area contributed by atoms with Gasteiger partial charge in [-0.2, -0.15) is 0 Å². The molecule has 0 atom stereocenters. The van der Waals surface area contributed by atoms with Crippen LogP contribution in [0.1, 0.15) is 17.1 Å². The van der Waals surface area contributed by atoms with E-state index in [1.807, 2.05) is 39.0 Å². The molecule has 3 heteroatoms. The van der Waals surface area contributed by atoms with Crippen LogP contribution in [0.25, 0.3) is 0 Å². The molecule has 0 saturated carbocycles. The molecule has 2 heterocycles. The Morgan fingerprint density at radius 3 is 1.81 bits per heavy atom. The van der Waals surface area contributed by atoms with Gasteiger partial charge in [0.15, 0.2) is 0 Å². The van der Waals surface area contributed by atoms with E-state index in [4.69, 9.17) is 0 Å². The van der Waals surface area contributed by atoms with Crippen molar-refractivity contribution in [3.8, 4) is 0 Å². The number of aromatic nitrogens is 2. The lowest BCUT2D eigenvalue weighted by Gasteiger charge is -1.90. The third-order valence-electron chi connectivity index (χ3n) is 1.90. The second-order valence-electron chi connectivity index (χ2n) is 3.54. The van der Waals surface area contributed by atoms with Crippen molar-refractivity contribution in [1.82, 2.24) is 9.97 Å². The molecule has 2 nitrogen and oxygen atoms in total. The number of halogens is 1. The summed E-state index contributed by atoms with van der Waals surface area (Å²) in [6.07, 6.45) is 1.20. The van der Waals surface area contributed by atoms with E-state index in [-0.39, 0.29) is 5.82 Å². The first-order chi connectivity index (χ1) is 7.58. The molecule has 2 rings (SSSR count). The maximum atomic E-state index is 12.0. The van der Waals surface area contributed by atoms with E-state index in [9.17, 15) is 4.39 Å². The zero-order valence-electron chi connectivity index (χ0n) is 9.74. The average Bonchev–Trinajstić information content (AvgIpc) is 2.23. The summed E-state index contributed by atoms with van der Waals surface area (Å²) < 4.78 is 12.0. The molecule has 0 fully saturated rings. The van der Waals surface area contributed by atoms with Crippen molar-refractivity contribution < 1.29 is 4.39 Å². The quantitative estimate of drug-likeness (QED) is 0.678. The summed E-state index contributed by atoms with van der Waals surface area (Å²) in [4.78, 5) is 7.88. The van der Waals surface area contributed by atoms with Gasteiger partial charge in [-0.15, -0.1) is 0 Å². The van der Waals surface area contributed by atoms with Gasteiger partial charge in [0.05, 0.1) is 6.20 Å². The van der Waals surface area contributed by atoms with Crippen molar-refractivity contribution in [2.24, 2.45) is 0 Å². The molecule has 0 unspecified atom stereocenters. The van der Waals surface area contributed by atoms with Crippen LogP contribution in [0, 0.1) is 26.6 Å². The molecule has 0 radical (unpaired) electrons. The Kier molecular flexibility index (Phi) is 4.58. The Balaban J connectivity index is 0.000000160. The van der Waals surface area contributed by atoms with Crippen molar-refractivity contribution in [1.29, 1.82) is 0 Å². The lowest BCUT2D eigenvalue weighted by atomic mass is 10.3. The molecular weight excluding hydrogens is 203 g/mol. The third-order valence-corrected chi connectivity index (χ3v) is 1.90. The Hall–Kier alpha value is -1.77. The highest BCUT2D eigenvalue weighted by Crippen LogP contribution is 1.94. The lowest BCUT2D eigenvalue weighted by molar-refractivity contribution is 0.620. The molecule has 84 valence electrons. The minimum Gasteiger partial charge on any atom is -0.259 e. The molecule has 0 amide bonds. The van der Waals surface area contributed by atoms with Crippen molar-refractivity contribution in [2.45, 2.75) is 20.8 Å². The Bertz CT molecular complexity index is 400. The summed E-state index contributed by atoms with van der Waals surface area (Å²) in [6.45, 7) is 5.80. The molecule has 0 aliphatic rings. The maximum absolute atomic E-state index is 12.0. The van der Waals surface area contributed by atoms with Gasteiger partial charge in [-0.05, 0) is 45.0 Å². The van der Waals surface area contributed by atoms with E-state index in [0.29, 0.717) is 0 Å². The van der Waals surface area contributed by atoms with Crippen LogP contribution in [-0.4, -0.2) is 9.97 Å². The monoisotopic (exact) mass is 218 g/mol. The lowest BCUT2D eigenvalue weighted by Crippen LogP contribution is -1.81. The molecule has 0 N–H and O–H groups in total. The maximum Gasteiger partial charge on any atom is 0.141 e. The minimum atomic E-state index is -0.282. The third kappa shape index (κ3) is 4.64. The van der Waals surface area contributed by atoms with E-state index in [2.05, 4.69) is 9.97 Å². The molecule has 0 spiro atoms. The Morgan fingerprint density at radius 2 is 1.50 bits per heavy atom. The predicted octanol–water partition coefficient (Wildman–Crippen LogP) is 3.23. The molecule has 0 bridgehead atoms. The standard InChI is InChI=1S/C7H9N.C6H6FN/c1-6-4-3-5-7(2)8-6;1-5-2-3-6(7)4-8-5/h3-5H,1-2H3;2-4H,1H3. The zero-order chi connectivity index (χ0) is 12.0. The summed E-state index contributed by atoms with van der Waals surface area (Å²) in [7, 11) is 0. The number of nitrogens with zero attached hydrogens (tertiary/aromatic N) is 2. The van der Waals surface area contributed by atoms with Gasteiger partial charge in [-0.1, -0.05) is 6.07 Å². The molecule has 0 aromatic carbocycles. The van der Waals surface area contributed by atoms with Crippen LogP contribution in [0.2, 0.25) is 0 Å². The van der Waals surface area contributed by atoms with E-state index in [1.165, 1.54) is 12.3 Å². The molecule has 0 aliphatic carbocycles. The van der Waals surface area contributed by atoms with Crippen LogP contribution < -0.4 is 0 Å². The van der Waals surface area contributed by atoms with Gasteiger partial charge in [0.25, 0.3) is 0 Å². The van der Waals surface area contributed by atoms with E-state index in [0.717, 1.165) is 17.1 Å². The van der Waals surface area contributed by atoms with Gasteiger partial charge in [-0.3, -0.25) is 9.97 Å². The normalized spacial score (nSPS) is 9.25.